The first-order valence-corrected chi connectivity index (χ1v) is 8.18. The van der Waals surface area contributed by atoms with Gasteiger partial charge >= 0.3 is 0 Å². The number of aryl methyl sites for hydroxylation is 2. The van der Waals surface area contributed by atoms with Crippen LogP contribution in [0, 0.1) is 17.2 Å². The molecule has 23 heavy (non-hydrogen) atoms. The lowest BCUT2D eigenvalue weighted by molar-refractivity contribution is 0.488. The van der Waals surface area contributed by atoms with E-state index < -0.39 is 0 Å². The van der Waals surface area contributed by atoms with Crippen LogP contribution in [0.25, 0.3) is 0 Å². The standard InChI is InChI=1S/C17H24N6/c1-5-13-14(11-18)17(21-20-15(13)6-2)19-16-8-10-23(22-16)9-7-12(3)4/h8,10,12H,5-7,9H2,1-4H3,(H,19,21,22). The summed E-state index contributed by atoms with van der Waals surface area (Å²) in [4.78, 5) is 0. The zero-order valence-electron chi connectivity index (χ0n) is 14.3. The maximum atomic E-state index is 9.50. The Labute approximate surface area is 137 Å². The number of rotatable bonds is 7. The number of nitrogens with one attached hydrogen (secondary N) is 1. The lowest BCUT2D eigenvalue weighted by Gasteiger charge is -2.10. The van der Waals surface area contributed by atoms with Crippen LogP contribution in [0.4, 0.5) is 11.6 Å². The van der Waals surface area contributed by atoms with Crippen LogP contribution in [-0.4, -0.2) is 20.0 Å². The van der Waals surface area contributed by atoms with Crippen molar-refractivity contribution in [2.75, 3.05) is 5.32 Å². The summed E-state index contributed by atoms with van der Waals surface area (Å²) in [6.07, 6.45) is 4.55. The summed E-state index contributed by atoms with van der Waals surface area (Å²) in [5.74, 6) is 1.81. The van der Waals surface area contributed by atoms with Crippen molar-refractivity contribution in [3.8, 4) is 6.07 Å². The van der Waals surface area contributed by atoms with Crippen LogP contribution in [0.2, 0.25) is 0 Å². The fraction of sp³-hybridized carbons (Fsp3) is 0.529. The summed E-state index contributed by atoms with van der Waals surface area (Å²) in [6.45, 7) is 9.32. The number of nitrogens with zero attached hydrogens (tertiary/aromatic N) is 5. The van der Waals surface area contributed by atoms with E-state index in [2.05, 4.69) is 40.5 Å². The Morgan fingerprint density at radius 2 is 2.04 bits per heavy atom. The molecule has 0 saturated carbocycles. The highest BCUT2D eigenvalue weighted by Gasteiger charge is 2.15. The molecule has 2 aromatic heterocycles. The van der Waals surface area contributed by atoms with Crippen LogP contribution in [0.15, 0.2) is 12.3 Å². The van der Waals surface area contributed by atoms with Gasteiger partial charge in [0, 0.05) is 18.8 Å². The average molecular weight is 312 g/mol. The first kappa shape index (κ1) is 16.9. The third-order valence-corrected chi connectivity index (χ3v) is 3.78. The third kappa shape index (κ3) is 4.07. The summed E-state index contributed by atoms with van der Waals surface area (Å²) in [5.41, 5.74) is 2.42. The Morgan fingerprint density at radius 1 is 1.26 bits per heavy atom. The van der Waals surface area contributed by atoms with Crippen molar-refractivity contribution in [2.24, 2.45) is 5.92 Å². The fourth-order valence-electron chi connectivity index (χ4n) is 2.45. The molecule has 0 unspecified atom stereocenters. The van der Waals surface area contributed by atoms with Crippen molar-refractivity contribution in [2.45, 2.75) is 53.5 Å². The van der Waals surface area contributed by atoms with Crippen molar-refractivity contribution < 1.29 is 0 Å². The minimum absolute atomic E-state index is 0.482. The van der Waals surface area contributed by atoms with Crippen LogP contribution < -0.4 is 5.32 Å². The number of hydrogen-bond acceptors (Lipinski definition) is 5. The summed E-state index contributed by atoms with van der Waals surface area (Å²) >= 11 is 0. The van der Waals surface area contributed by atoms with E-state index in [1.54, 1.807) is 0 Å². The predicted octanol–water partition coefficient (Wildman–Crippen LogP) is 3.46. The molecule has 0 atom stereocenters. The van der Waals surface area contributed by atoms with Gasteiger partial charge in [-0.1, -0.05) is 27.7 Å². The number of anilines is 2. The molecule has 2 heterocycles. The van der Waals surface area contributed by atoms with Crippen molar-refractivity contribution in [1.82, 2.24) is 20.0 Å². The highest BCUT2D eigenvalue weighted by molar-refractivity contribution is 5.62. The number of aromatic nitrogens is 4. The van der Waals surface area contributed by atoms with Crippen LogP contribution in [0.3, 0.4) is 0 Å². The Bertz CT molecular complexity index is 696. The van der Waals surface area contributed by atoms with Crippen LogP contribution in [-0.2, 0) is 19.4 Å². The monoisotopic (exact) mass is 312 g/mol. The predicted molar refractivity (Wildman–Crippen MR) is 90.5 cm³/mol. The van der Waals surface area contributed by atoms with Crippen LogP contribution in [0.1, 0.15) is 50.9 Å². The molecule has 6 heteroatoms. The minimum atomic E-state index is 0.482. The molecule has 0 spiro atoms. The van der Waals surface area contributed by atoms with Gasteiger partial charge in [0.25, 0.3) is 0 Å². The van der Waals surface area contributed by atoms with Gasteiger partial charge in [0.05, 0.1) is 5.69 Å². The molecular formula is C17H24N6. The SMILES string of the molecule is CCc1nnc(Nc2ccn(CCC(C)C)n2)c(C#N)c1CC. The zero-order chi connectivity index (χ0) is 16.8. The van der Waals surface area contributed by atoms with Crippen molar-refractivity contribution in [3.63, 3.8) is 0 Å². The Hall–Kier alpha value is -2.42. The van der Waals surface area contributed by atoms with E-state index in [-0.39, 0.29) is 0 Å². The second-order valence-corrected chi connectivity index (χ2v) is 5.94. The molecule has 0 saturated heterocycles. The van der Waals surface area contributed by atoms with Crippen molar-refractivity contribution in [3.05, 3.63) is 29.1 Å². The van der Waals surface area contributed by atoms with E-state index in [0.29, 0.717) is 23.1 Å². The van der Waals surface area contributed by atoms with E-state index in [9.17, 15) is 5.26 Å². The quantitative estimate of drug-likeness (QED) is 0.847. The first-order valence-electron chi connectivity index (χ1n) is 8.18. The fourth-order valence-corrected chi connectivity index (χ4v) is 2.45. The molecule has 122 valence electrons. The molecule has 0 radical (unpaired) electrons. The van der Waals surface area contributed by atoms with Crippen molar-refractivity contribution in [1.29, 1.82) is 5.26 Å². The van der Waals surface area contributed by atoms with E-state index in [0.717, 1.165) is 37.1 Å². The summed E-state index contributed by atoms with van der Waals surface area (Å²) in [6, 6.07) is 4.15. The lowest BCUT2D eigenvalue weighted by Crippen LogP contribution is -2.08. The highest BCUT2D eigenvalue weighted by atomic mass is 15.3. The molecule has 2 aromatic rings. The van der Waals surface area contributed by atoms with Gasteiger partial charge in [-0.05, 0) is 30.7 Å². The van der Waals surface area contributed by atoms with Gasteiger partial charge < -0.3 is 5.32 Å². The highest BCUT2D eigenvalue weighted by Crippen LogP contribution is 2.22. The average Bonchev–Trinajstić information content (AvgIpc) is 2.99. The molecule has 0 bridgehead atoms. The Balaban J connectivity index is 2.22. The molecule has 1 N–H and O–H groups in total. The summed E-state index contributed by atoms with van der Waals surface area (Å²) in [5, 5.41) is 25.5. The molecule has 2 rings (SSSR count). The van der Waals surface area contributed by atoms with Gasteiger partial charge in [0.15, 0.2) is 11.6 Å². The van der Waals surface area contributed by atoms with Crippen LogP contribution in [0.5, 0.6) is 0 Å². The zero-order valence-corrected chi connectivity index (χ0v) is 14.3. The van der Waals surface area contributed by atoms with Gasteiger partial charge in [-0.3, -0.25) is 4.68 Å². The topological polar surface area (TPSA) is 79.4 Å². The molecular weight excluding hydrogens is 288 g/mol. The smallest absolute Gasteiger partial charge is 0.172 e. The van der Waals surface area contributed by atoms with Crippen LogP contribution >= 0.6 is 0 Å². The number of nitriles is 1. The van der Waals surface area contributed by atoms with Gasteiger partial charge in [0.1, 0.15) is 11.6 Å². The van der Waals surface area contributed by atoms with Gasteiger partial charge in [0.2, 0.25) is 0 Å². The van der Waals surface area contributed by atoms with E-state index >= 15 is 0 Å². The lowest BCUT2D eigenvalue weighted by atomic mass is 10.0. The van der Waals surface area contributed by atoms with Crippen molar-refractivity contribution >= 4 is 11.6 Å². The normalized spacial score (nSPS) is 10.8. The maximum Gasteiger partial charge on any atom is 0.172 e. The van der Waals surface area contributed by atoms with E-state index in [4.69, 9.17) is 0 Å². The van der Waals surface area contributed by atoms with Gasteiger partial charge in [-0.25, -0.2) is 0 Å². The van der Waals surface area contributed by atoms with E-state index in [1.165, 1.54) is 0 Å². The molecule has 0 aliphatic rings. The summed E-state index contributed by atoms with van der Waals surface area (Å²) in [7, 11) is 0. The molecule has 0 aromatic carbocycles. The molecule has 0 fully saturated rings. The van der Waals surface area contributed by atoms with Gasteiger partial charge in [-0.15, -0.1) is 5.10 Å². The second kappa shape index (κ2) is 7.73. The maximum absolute atomic E-state index is 9.50. The summed E-state index contributed by atoms with van der Waals surface area (Å²) < 4.78 is 1.91. The van der Waals surface area contributed by atoms with E-state index in [1.807, 2.05) is 30.8 Å². The minimum Gasteiger partial charge on any atom is -0.321 e. The molecule has 6 nitrogen and oxygen atoms in total. The third-order valence-electron chi connectivity index (χ3n) is 3.78. The Morgan fingerprint density at radius 3 is 2.65 bits per heavy atom. The second-order valence-electron chi connectivity index (χ2n) is 5.94. The first-order chi connectivity index (χ1) is 11.1. The largest absolute Gasteiger partial charge is 0.321 e. The number of hydrogen-bond donors (Lipinski definition) is 1. The molecule has 0 aliphatic carbocycles. The molecule has 0 amide bonds. The Kier molecular flexibility index (Phi) is 5.69. The van der Waals surface area contributed by atoms with Gasteiger partial charge in [-0.2, -0.15) is 15.5 Å². The molecule has 0 aliphatic heterocycles.